The molecular weight excluding hydrogens is 218 g/mol. The van der Waals surface area contributed by atoms with Gasteiger partial charge in [0.1, 0.15) is 0 Å². The Morgan fingerprint density at radius 2 is 2.11 bits per heavy atom. The molecule has 0 aromatic heterocycles. The van der Waals surface area contributed by atoms with Crippen LogP contribution in [0, 0.1) is 17.3 Å². The van der Waals surface area contributed by atoms with Gasteiger partial charge in [-0.3, -0.25) is 0 Å². The maximum absolute atomic E-state index is 3.58. The molecule has 1 heteroatoms. The average Bonchev–Trinajstić information content (AvgIpc) is 2.91. The van der Waals surface area contributed by atoms with E-state index in [4.69, 9.17) is 0 Å². The van der Waals surface area contributed by atoms with E-state index >= 15 is 0 Å². The fourth-order valence-electron chi connectivity index (χ4n) is 4.24. The first-order valence-corrected chi connectivity index (χ1v) is 7.56. The number of benzene rings is 1. The van der Waals surface area contributed by atoms with Crippen LogP contribution in [0.5, 0.6) is 0 Å². The van der Waals surface area contributed by atoms with Crippen LogP contribution in [-0.2, 0) is 6.42 Å². The molecule has 1 N–H and O–H groups in total. The normalized spacial score (nSPS) is 34.7. The number of hydrogen-bond donors (Lipinski definition) is 1. The molecule has 98 valence electrons. The number of aryl methyl sites for hydroxylation is 1. The van der Waals surface area contributed by atoms with Gasteiger partial charge in [-0.15, -0.1) is 0 Å². The third kappa shape index (κ3) is 2.09. The van der Waals surface area contributed by atoms with Crippen molar-refractivity contribution in [3.8, 4) is 0 Å². The summed E-state index contributed by atoms with van der Waals surface area (Å²) in [5, 5.41) is 3.58. The Morgan fingerprint density at radius 1 is 1.28 bits per heavy atom. The van der Waals surface area contributed by atoms with Gasteiger partial charge in [-0.05, 0) is 61.5 Å². The molecule has 2 aliphatic rings. The highest BCUT2D eigenvalue weighted by atomic mass is 14.9. The molecule has 1 saturated carbocycles. The van der Waals surface area contributed by atoms with E-state index in [1.165, 1.54) is 50.8 Å². The third-order valence-corrected chi connectivity index (χ3v) is 5.51. The molecule has 18 heavy (non-hydrogen) atoms. The summed E-state index contributed by atoms with van der Waals surface area (Å²) < 4.78 is 0. The first kappa shape index (κ1) is 12.2. The molecule has 1 spiro atoms. The van der Waals surface area contributed by atoms with Crippen LogP contribution in [0.15, 0.2) is 30.3 Å². The molecule has 1 saturated heterocycles. The predicted molar refractivity (Wildman–Crippen MR) is 76.6 cm³/mol. The van der Waals surface area contributed by atoms with Crippen molar-refractivity contribution in [2.45, 2.75) is 39.0 Å². The van der Waals surface area contributed by atoms with Crippen LogP contribution in [-0.4, -0.2) is 13.1 Å². The summed E-state index contributed by atoms with van der Waals surface area (Å²) in [5.41, 5.74) is 2.18. The molecule has 1 aliphatic carbocycles. The molecule has 1 unspecified atom stereocenters. The Morgan fingerprint density at radius 3 is 2.78 bits per heavy atom. The largest absolute Gasteiger partial charge is 0.316 e. The zero-order valence-corrected chi connectivity index (χ0v) is 11.5. The highest BCUT2D eigenvalue weighted by molar-refractivity contribution is 5.14. The van der Waals surface area contributed by atoms with Gasteiger partial charge in [0.15, 0.2) is 0 Å². The van der Waals surface area contributed by atoms with Gasteiger partial charge in [0.2, 0.25) is 0 Å². The van der Waals surface area contributed by atoms with E-state index in [1.807, 2.05) is 0 Å². The van der Waals surface area contributed by atoms with Gasteiger partial charge < -0.3 is 5.32 Å². The summed E-state index contributed by atoms with van der Waals surface area (Å²) in [6.07, 6.45) is 6.94. The highest BCUT2D eigenvalue weighted by Gasteiger charge is 2.52. The van der Waals surface area contributed by atoms with Gasteiger partial charge in [-0.2, -0.15) is 0 Å². The molecule has 0 amide bonds. The molecule has 3 rings (SSSR count). The molecular formula is C17H25N. The second kappa shape index (κ2) is 5.05. The molecule has 1 heterocycles. The molecule has 1 aromatic carbocycles. The minimum Gasteiger partial charge on any atom is -0.316 e. The van der Waals surface area contributed by atoms with Crippen molar-refractivity contribution in [1.82, 2.24) is 5.32 Å². The lowest BCUT2D eigenvalue weighted by Crippen LogP contribution is -2.49. The summed E-state index contributed by atoms with van der Waals surface area (Å²) in [6.45, 7) is 4.99. The second-order valence-corrected chi connectivity index (χ2v) is 6.37. The third-order valence-electron chi connectivity index (χ3n) is 5.51. The van der Waals surface area contributed by atoms with E-state index in [1.54, 1.807) is 0 Å². The lowest BCUT2D eigenvalue weighted by atomic mass is 9.52. The second-order valence-electron chi connectivity index (χ2n) is 6.37. The summed E-state index contributed by atoms with van der Waals surface area (Å²) in [4.78, 5) is 0. The van der Waals surface area contributed by atoms with Gasteiger partial charge in [-0.25, -0.2) is 0 Å². The SMILES string of the molecule is C[C@H]1CC(CCCc2ccccc2)[C@]12CCNC2. The minimum absolute atomic E-state index is 0.677. The molecule has 1 nitrogen and oxygen atoms in total. The van der Waals surface area contributed by atoms with E-state index < -0.39 is 0 Å². The van der Waals surface area contributed by atoms with Crippen molar-refractivity contribution in [3.05, 3.63) is 35.9 Å². The smallest absolute Gasteiger partial charge is 0.00135 e. The van der Waals surface area contributed by atoms with Gasteiger partial charge in [0, 0.05) is 6.54 Å². The van der Waals surface area contributed by atoms with Crippen molar-refractivity contribution in [2.75, 3.05) is 13.1 Å². The first-order valence-electron chi connectivity index (χ1n) is 7.56. The van der Waals surface area contributed by atoms with Crippen LogP contribution < -0.4 is 5.32 Å². The maximum atomic E-state index is 3.58. The standard InChI is InChI=1S/C17H25N/c1-14-12-16(17(14)10-11-18-13-17)9-5-8-15-6-3-2-4-7-15/h2-4,6-7,14,16,18H,5,8-13H2,1H3/t14-,16?,17-/m0/s1. The van der Waals surface area contributed by atoms with E-state index in [2.05, 4.69) is 42.6 Å². The molecule has 1 aromatic rings. The number of rotatable bonds is 4. The predicted octanol–water partition coefficient (Wildman–Crippen LogP) is 3.65. The van der Waals surface area contributed by atoms with Crippen molar-refractivity contribution in [3.63, 3.8) is 0 Å². The van der Waals surface area contributed by atoms with Gasteiger partial charge in [-0.1, -0.05) is 37.3 Å². The zero-order valence-electron chi connectivity index (χ0n) is 11.5. The molecule has 1 aliphatic heterocycles. The van der Waals surface area contributed by atoms with Gasteiger partial charge in [0.25, 0.3) is 0 Å². The fraction of sp³-hybridized carbons (Fsp3) is 0.647. The quantitative estimate of drug-likeness (QED) is 0.851. The lowest BCUT2D eigenvalue weighted by Gasteiger charge is -2.53. The topological polar surface area (TPSA) is 12.0 Å². The number of nitrogens with one attached hydrogen (secondary N) is 1. The zero-order chi connectivity index (χ0) is 12.4. The van der Waals surface area contributed by atoms with Crippen LogP contribution in [0.2, 0.25) is 0 Å². The molecule has 2 fully saturated rings. The highest BCUT2D eigenvalue weighted by Crippen LogP contribution is 2.56. The summed E-state index contributed by atoms with van der Waals surface area (Å²) in [7, 11) is 0. The van der Waals surface area contributed by atoms with Crippen LogP contribution in [0.4, 0.5) is 0 Å². The first-order chi connectivity index (χ1) is 8.81. The van der Waals surface area contributed by atoms with E-state index in [0.29, 0.717) is 5.41 Å². The van der Waals surface area contributed by atoms with Gasteiger partial charge in [0.05, 0.1) is 0 Å². The fourth-order valence-corrected chi connectivity index (χ4v) is 4.24. The van der Waals surface area contributed by atoms with E-state index in [9.17, 15) is 0 Å². The average molecular weight is 243 g/mol. The van der Waals surface area contributed by atoms with E-state index in [0.717, 1.165) is 11.8 Å². The van der Waals surface area contributed by atoms with Crippen LogP contribution in [0.1, 0.15) is 38.2 Å². The Kier molecular flexibility index (Phi) is 3.43. The minimum atomic E-state index is 0.677. The monoisotopic (exact) mass is 243 g/mol. The van der Waals surface area contributed by atoms with Crippen molar-refractivity contribution >= 4 is 0 Å². The molecule has 0 bridgehead atoms. The Labute approximate surface area is 111 Å². The van der Waals surface area contributed by atoms with Crippen molar-refractivity contribution < 1.29 is 0 Å². The van der Waals surface area contributed by atoms with Crippen LogP contribution >= 0.6 is 0 Å². The van der Waals surface area contributed by atoms with Gasteiger partial charge >= 0.3 is 0 Å². The molecule has 3 atom stereocenters. The Hall–Kier alpha value is -0.820. The molecule has 0 radical (unpaired) electrons. The maximum Gasteiger partial charge on any atom is 0.00135 e. The van der Waals surface area contributed by atoms with Crippen molar-refractivity contribution in [2.24, 2.45) is 17.3 Å². The Balaban J connectivity index is 1.49. The number of hydrogen-bond acceptors (Lipinski definition) is 1. The summed E-state index contributed by atoms with van der Waals surface area (Å²) in [6, 6.07) is 10.9. The lowest BCUT2D eigenvalue weighted by molar-refractivity contribution is -0.0306. The van der Waals surface area contributed by atoms with Crippen LogP contribution in [0.3, 0.4) is 0 Å². The van der Waals surface area contributed by atoms with E-state index in [-0.39, 0.29) is 0 Å². The Bertz CT molecular complexity index is 378. The summed E-state index contributed by atoms with van der Waals surface area (Å²) >= 11 is 0. The van der Waals surface area contributed by atoms with Crippen molar-refractivity contribution in [1.29, 1.82) is 0 Å². The summed E-state index contributed by atoms with van der Waals surface area (Å²) in [5.74, 6) is 1.94. The van der Waals surface area contributed by atoms with Crippen LogP contribution in [0.25, 0.3) is 0 Å².